The molecule has 0 radical (unpaired) electrons. The van der Waals surface area contributed by atoms with Gasteiger partial charge in [-0.15, -0.1) is 0 Å². The molecule has 9 N–H and O–H groups in total. The van der Waals surface area contributed by atoms with Gasteiger partial charge in [-0.3, -0.25) is 4.99 Å². The van der Waals surface area contributed by atoms with Gasteiger partial charge in [0.25, 0.3) is 0 Å². The lowest BCUT2D eigenvalue weighted by atomic mass is 9.79. The average Bonchev–Trinajstić information content (AvgIpc) is 2.92. The van der Waals surface area contributed by atoms with Crippen LogP contribution < -0.4 is 21.5 Å². The van der Waals surface area contributed by atoms with E-state index in [1.165, 1.54) is 24.3 Å². The summed E-state index contributed by atoms with van der Waals surface area (Å²) in [7, 11) is 0. The maximum absolute atomic E-state index is 13.0. The number of carbonyl (C=O) groups is 2. The fourth-order valence-corrected chi connectivity index (χ4v) is 5.58. The molecule has 0 aliphatic carbocycles. The number of guanidine groups is 1. The monoisotopic (exact) mass is 630 g/mol. The smallest absolute Gasteiger partial charge is 0.408 e. The zero-order chi connectivity index (χ0) is 33.1. The number of alkyl carbamates (subject to hydrolysis) is 1. The lowest BCUT2D eigenvalue weighted by Crippen LogP contribution is -2.46. The number of esters is 1. The van der Waals surface area contributed by atoms with E-state index in [0.29, 0.717) is 41.7 Å². The third kappa shape index (κ3) is 8.12. The summed E-state index contributed by atoms with van der Waals surface area (Å²) in [4.78, 5) is 29.3. The highest BCUT2D eigenvalue weighted by Crippen LogP contribution is 2.52. The van der Waals surface area contributed by atoms with Gasteiger partial charge in [-0.05, 0) is 71.1 Å². The van der Waals surface area contributed by atoms with Crippen molar-refractivity contribution in [2.75, 3.05) is 13.2 Å². The van der Waals surface area contributed by atoms with Crippen LogP contribution in [0.3, 0.4) is 0 Å². The van der Waals surface area contributed by atoms with Crippen molar-refractivity contribution in [3.05, 3.63) is 41.0 Å². The van der Waals surface area contributed by atoms with Crippen LogP contribution in [0.15, 0.2) is 29.3 Å². The van der Waals surface area contributed by atoms with Crippen molar-refractivity contribution in [2.24, 2.45) is 16.5 Å². The molecule has 246 valence electrons. The van der Waals surface area contributed by atoms with Crippen LogP contribution in [0.25, 0.3) is 0 Å². The first-order chi connectivity index (χ1) is 21.1. The number of nitrogens with zero attached hydrogens (tertiary/aromatic N) is 1. The molecular formula is C31H42N4O10. The van der Waals surface area contributed by atoms with Crippen LogP contribution in [0.2, 0.25) is 0 Å². The zero-order valence-corrected chi connectivity index (χ0v) is 25.8. The van der Waals surface area contributed by atoms with Crippen molar-refractivity contribution >= 4 is 18.0 Å². The largest absolute Gasteiger partial charge is 0.508 e. The highest BCUT2D eigenvalue weighted by molar-refractivity contribution is 5.81. The molecule has 14 heteroatoms. The second-order valence-corrected chi connectivity index (χ2v) is 12.4. The molecule has 2 aromatic carbocycles. The predicted octanol–water partition coefficient (Wildman–Crippen LogP) is 3.07. The van der Waals surface area contributed by atoms with E-state index in [2.05, 4.69) is 10.3 Å². The standard InChI is InChI=1S/C31H42N4O10/c1-30(2,3)45-29(41)35-20(7-5-9-34-28(32)33)27(40)42-10-6-8-31(4)19-15-23(39)22(38)13-17(19)26-25(44-31)14-18-21(37)11-16(36)12-24(18)43-26/h11-13,15,20,25-26,36-39H,5-10,14H2,1-4H3,(H,35,41)(H4,32,33,34)/t20-,25-,26+,31?/m0/s1. The topological polar surface area (TPSA) is 228 Å². The van der Waals surface area contributed by atoms with Crippen molar-refractivity contribution in [1.29, 1.82) is 0 Å². The first-order valence-corrected chi connectivity index (χ1v) is 14.7. The number of aliphatic imine (C=N–C) groups is 1. The number of benzene rings is 2. The Bertz CT molecular complexity index is 1450. The van der Waals surface area contributed by atoms with Gasteiger partial charge in [0.05, 0.1) is 12.2 Å². The van der Waals surface area contributed by atoms with Crippen molar-refractivity contribution in [2.45, 2.75) is 89.3 Å². The molecule has 4 atom stereocenters. The lowest BCUT2D eigenvalue weighted by molar-refractivity contribution is -0.157. The Balaban J connectivity index is 1.45. The van der Waals surface area contributed by atoms with Crippen LogP contribution >= 0.6 is 0 Å². The second-order valence-electron chi connectivity index (χ2n) is 12.4. The number of nitrogens with one attached hydrogen (secondary N) is 1. The van der Waals surface area contributed by atoms with Gasteiger partial charge in [0, 0.05) is 36.2 Å². The van der Waals surface area contributed by atoms with Crippen molar-refractivity contribution in [3.63, 3.8) is 0 Å². The number of hydrogen-bond donors (Lipinski definition) is 7. The first-order valence-electron chi connectivity index (χ1n) is 14.7. The third-order valence-corrected chi connectivity index (χ3v) is 7.56. The fourth-order valence-electron chi connectivity index (χ4n) is 5.58. The molecule has 45 heavy (non-hydrogen) atoms. The van der Waals surface area contributed by atoms with Crippen LogP contribution in [-0.2, 0) is 31.0 Å². The van der Waals surface area contributed by atoms with Crippen molar-refractivity contribution < 1.29 is 49.0 Å². The first kappa shape index (κ1) is 33.3. The van der Waals surface area contributed by atoms with Gasteiger partial charge < -0.3 is 56.2 Å². The minimum absolute atomic E-state index is 0.00885. The van der Waals surface area contributed by atoms with Crippen LogP contribution in [0.5, 0.6) is 28.7 Å². The average molecular weight is 631 g/mol. The molecule has 0 saturated carbocycles. The Kier molecular flexibility index (Phi) is 9.76. The number of amides is 1. The second kappa shape index (κ2) is 13.2. The molecule has 2 heterocycles. The summed E-state index contributed by atoms with van der Waals surface area (Å²) in [6.45, 7) is 7.20. The summed E-state index contributed by atoms with van der Waals surface area (Å²) in [5.41, 5.74) is 10.6. The minimum Gasteiger partial charge on any atom is -0.508 e. The molecule has 0 fully saturated rings. The van der Waals surface area contributed by atoms with E-state index in [0.717, 1.165) is 0 Å². The molecule has 0 aromatic heterocycles. The quantitative estimate of drug-likeness (QED) is 0.0660. The van der Waals surface area contributed by atoms with Gasteiger partial charge in [-0.1, -0.05) is 0 Å². The van der Waals surface area contributed by atoms with Crippen LogP contribution in [0.1, 0.15) is 76.2 Å². The van der Waals surface area contributed by atoms with Gasteiger partial charge in [0.15, 0.2) is 23.6 Å². The maximum Gasteiger partial charge on any atom is 0.408 e. The van der Waals surface area contributed by atoms with E-state index in [-0.39, 0.29) is 55.0 Å². The molecule has 1 amide bonds. The van der Waals surface area contributed by atoms with E-state index in [1.54, 1.807) is 20.8 Å². The number of nitrogens with two attached hydrogens (primary N) is 2. The van der Waals surface area contributed by atoms with E-state index < -0.39 is 41.5 Å². The maximum atomic E-state index is 13.0. The zero-order valence-electron chi connectivity index (χ0n) is 25.8. The Morgan fingerprint density at radius 3 is 2.49 bits per heavy atom. The van der Waals surface area contributed by atoms with E-state index in [1.807, 2.05) is 6.92 Å². The molecule has 0 bridgehead atoms. The molecule has 2 aromatic rings. The molecule has 14 nitrogen and oxygen atoms in total. The molecule has 4 rings (SSSR count). The highest BCUT2D eigenvalue weighted by atomic mass is 16.6. The fraction of sp³-hybridized carbons (Fsp3) is 0.516. The molecule has 2 aliphatic heterocycles. The molecule has 0 saturated heterocycles. The third-order valence-electron chi connectivity index (χ3n) is 7.56. The number of phenols is 4. The SMILES string of the molecule is CC(C)(C)OC(=O)N[C@@H](CCCN=C(N)N)C(=O)OCCCC1(C)O[C@H]2Cc3c(O)cc(O)cc3O[C@@H]2c2cc(O)c(O)cc21. The van der Waals surface area contributed by atoms with Gasteiger partial charge in [-0.2, -0.15) is 0 Å². The van der Waals surface area contributed by atoms with Crippen molar-refractivity contribution in [1.82, 2.24) is 5.32 Å². The number of ether oxygens (including phenoxy) is 4. The Morgan fingerprint density at radius 1 is 1.09 bits per heavy atom. The number of hydrogen-bond acceptors (Lipinski definition) is 11. The van der Waals surface area contributed by atoms with E-state index in [9.17, 15) is 30.0 Å². The van der Waals surface area contributed by atoms with Gasteiger partial charge in [0.1, 0.15) is 35.0 Å². The number of phenolic OH excluding ortho intramolecular Hbond substituents is 4. The van der Waals surface area contributed by atoms with Crippen LogP contribution in [-0.4, -0.2) is 69.3 Å². The Hall–Kier alpha value is -4.59. The lowest BCUT2D eigenvalue weighted by Gasteiger charge is -2.46. The number of aromatic hydroxyl groups is 4. The van der Waals surface area contributed by atoms with Gasteiger partial charge in [-0.25, -0.2) is 9.59 Å². The molecule has 0 spiro atoms. The Morgan fingerprint density at radius 2 is 1.80 bits per heavy atom. The number of carbonyl (C=O) groups excluding carboxylic acids is 2. The molecule has 1 unspecified atom stereocenters. The van der Waals surface area contributed by atoms with E-state index >= 15 is 0 Å². The summed E-state index contributed by atoms with van der Waals surface area (Å²) < 4.78 is 23.5. The van der Waals surface area contributed by atoms with Gasteiger partial charge in [0.2, 0.25) is 0 Å². The molecular weight excluding hydrogens is 588 g/mol. The van der Waals surface area contributed by atoms with E-state index in [4.69, 9.17) is 30.4 Å². The predicted molar refractivity (Wildman–Crippen MR) is 162 cm³/mol. The minimum atomic E-state index is -1.00. The summed E-state index contributed by atoms with van der Waals surface area (Å²) in [5.74, 6) is -1.40. The summed E-state index contributed by atoms with van der Waals surface area (Å²) >= 11 is 0. The number of fused-ring (bicyclic) bond motifs is 4. The summed E-state index contributed by atoms with van der Waals surface area (Å²) in [6.07, 6.45) is -0.490. The van der Waals surface area contributed by atoms with Crippen molar-refractivity contribution in [3.8, 4) is 28.7 Å². The van der Waals surface area contributed by atoms with Crippen LogP contribution in [0, 0.1) is 0 Å². The normalized spacial score (nSPS) is 20.8. The van der Waals surface area contributed by atoms with Gasteiger partial charge >= 0.3 is 12.1 Å². The summed E-state index contributed by atoms with van der Waals surface area (Å²) in [6, 6.07) is 4.47. The summed E-state index contributed by atoms with van der Waals surface area (Å²) in [5, 5.41) is 43.6. The highest BCUT2D eigenvalue weighted by Gasteiger charge is 2.47. The molecule has 2 aliphatic rings. The Labute approximate surface area is 260 Å². The van der Waals surface area contributed by atoms with Crippen LogP contribution in [0.4, 0.5) is 4.79 Å². The number of rotatable bonds is 10.